The summed E-state index contributed by atoms with van der Waals surface area (Å²) in [6.07, 6.45) is -0.0991. The van der Waals surface area contributed by atoms with Gasteiger partial charge in [0.25, 0.3) is 0 Å². The largest absolute Gasteiger partial charge is 0.469 e. The molecule has 0 bridgehead atoms. The lowest BCUT2D eigenvalue weighted by atomic mass is 9.91. The molecular weight excluding hydrogens is 482 g/mol. The van der Waals surface area contributed by atoms with Gasteiger partial charge < -0.3 is 25.0 Å². The number of ether oxygens (including phenoxy) is 2. The van der Waals surface area contributed by atoms with E-state index in [1.807, 2.05) is 45.0 Å². The summed E-state index contributed by atoms with van der Waals surface area (Å²) in [7, 11) is 1.33. The first-order valence-electron chi connectivity index (χ1n) is 11.9. The topological polar surface area (TPSA) is 97.0 Å². The lowest BCUT2D eigenvalue weighted by Crippen LogP contribution is -2.59. The van der Waals surface area contributed by atoms with Crippen LogP contribution in [0.1, 0.15) is 45.2 Å². The highest BCUT2D eigenvalue weighted by atomic mass is 35.5. The van der Waals surface area contributed by atoms with E-state index < -0.39 is 35.8 Å². The Bertz CT molecular complexity index is 1100. The lowest BCUT2D eigenvalue weighted by Gasteiger charge is -2.40. The van der Waals surface area contributed by atoms with Crippen molar-refractivity contribution < 1.29 is 23.9 Å². The predicted molar refractivity (Wildman–Crippen MR) is 139 cm³/mol. The first kappa shape index (κ1) is 27.5. The minimum absolute atomic E-state index is 0.0481. The molecule has 3 amide bonds. The second-order valence-corrected chi connectivity index (χ2v) is 10.3. The number of anilines is 1. The molecule has 0 radical (unpaired) electrons. The van der Waals surface area contributed by atoms with Crippen molar-refractivity contribution in [1.29, 1.82) is 0 Å². The summed E-state index contributed by atoms with van der Waals surface area (Å²) in [6.45, 7) is 7.71. The Hall–Kier alpha value is -3.10. The molecule has 8 nitrogen and oxygen atoms in total. The van der Waals surface area contributed by atoms with E-state index in [-0.39, 0.29) is 12.3 Å². The number of methoxy groups -OCH3 is 1. The molecule has 2 N–H and O–H groups in total. The molecule has 0 unspecified atom stereocenters. The number of nitrogens with one attached hydrogen (secondary N) is 2. The van der Waals surface area contributed by atoms with E-state index >= 15 is 0 Å². The number of hydrogen-bond donors (Lipinski definition) is 2. The number of nitrogens with zero attached hydrogens (tertiary/aromatic N) is 1. The zero-order valence-electron chi connectivity index (χ0n) is 21.3. The number of amides is 3. The van der Waals surface area contributed by atoms with Gasteiger partial charge in [0, 0.05) is 23.3 Å². The van der Waals surface area contributed by atoms with Crippen LogP contribution in [0.3, 0.4) is 0 Å². The number of benzene rings is 2. The predicted octanol–water partition coefficient (Wildman–Crippen LogP) is 4.55. The molecule has 0 aliphatic carbocycles. The number of carbonyl (C=O) groups excluding carboxylic acids is 3. The summed E-state index contributed by atoms with van der Waals surface area (Å²) >= 11 is 6.03. The Kier molecular flexibility index (Phi) is 8.98. The van der Waals surface area contributed by atoms with Crippen molar-refractivity contribution in [2.24, 2.45) is 0 Å². The van der Waals surface area contributed by atoms with Crippen molar-refractivity contribution >= 4 is 35.2 Å². The maximum absolute atomic E-state index is 14.0. The second kappa shape index (κ2) is 11.8. The maximum Gasteiger partial charge on any atom is 0.319 e. The van der Waals surface area contributed by atoms with Gasteiger partial charge in [0.1, 0.15) is 6.04 Å². The molecule has 0 fully saturated rings. The highest BCUT2D eigenvalue weighted by Crippen LogP contribution is 2.27. The van der Waals surface area contributed by atoms with Crippen LogP contribution in [0.2, 0.25) is 5.02 Å². The number of halogens is 1. The zero-order valence-corrected chi connectivity index (χ0v) is 22.1. The summed E-state index contributed by atoms with van der Waals surface area (Å²) in [5.41, 5.74) is 2.02. The highest BCUT2D eigenvalue weighted by molar-refractivity contribution is 6.30. The minimum atomic E-state index is -1.01. The van der Waals surface area contributed by atoms with Crippen molar-refractivity contribution in [2.75, 3.05) is 12.4 Å². The van der Waals surface area contributed by atoms with Gasteiger partial charge in [0.15, 0.2) is 0 Å². The minimum Gasteiger partial charge on any atom is -0.469 e. The van der Waals surface area contributed by atoms with E-state index in [1.54, 1.807) is 36.1 Å². The van der Waals surface area contributed by atoms with Crippen LogP contribution in [0.5, 0.6) is 0 Å². The molecule has 0 aromatic heterocycles. The third kappa shape index (κ3) is 7.45. The smallest absolute Gasteiger partial charge is 0.319 e. The fourth-order valence-corrected chi connectivity index (χ4v) is 4.55. The van der Waals surface area contributed by atoms with Gasteiger partial charge in [-0.05, 0) is 63.4 Å². The molecule has 0 spiro atoms. The average Bonchev–Trinajstić information content (AvgIpc) is 2.80. The standard InChI is InChI=1S/C27H34ClN3O5/c1-17(36-27(2,3)4)24(30-26(34)29-21-12-8-11-20(28)14-21)25(33)31-16-19-10-7-6-9-18(19)13-22(31)15-23(32)35-5/h6-12,14,17,22,24H,13,15-16H2,1-5H3,(H2,29,30,34)/t17-,22-,24+/m1/s1. The monoisotopic (exact) mass is 515 g/mol. The van der Waals surface area contributed by atoms with Gasteiger partial charge in [-0.2, -0.15) is 0 Å². The normalized spacial score (nSPS) is 16.9. The summed E-state index contributed by atoms with van der Waals surface area (Å²) in [5, 5.41) is 5.99. The molecule has 1 aliphatic heterocycles. The molecule has 3 atom stereocenters. The van der Waals surface area contributed by atoms with Gasteiger partial charge in [-0.1, -0.05) is 41.9 Å². The molecule has 1 aliphatic rings. The van der Waals surface area contributed by atoms with Crippen molar-refractivity contribution in [2.45, 2.75) is 70.9 Å². The third-order valence-corrected chi connectivity index (χ3v) is 6.15. The van der Waals surface area contributed by atoms with Gasteiger partial charge >= 0.3 is 12.0 Å². The van der Waals surface area contributed by atoms with Gasteiger partial charge in [-0.25, -0.2) is 4.79 Å². The number of fused-ring (bicyclic) bond motifs is 1. The van der Waals surface area contributed by atoms with E-state index in [9.17, 15) is 14.4 Å². The fraction of sp³-hybridized carbons (Fsp3) is 0.444. The van der Waals surface area contributed by atoms with Gasteiger partial charge in [0.05, 0.1) is 25.2 Å². The summed E-state index contributed by atoms with van der Waals surface area (Å²) in [6, 6.07) is 12.6. The molecule has 194 valence electrons. The summed E-state index contributed by atoms with van der Waals surface area (Å²) in [5.74, 6) is -0.740. The Labute approximate surface area is 217 Å². The number of carbonyl (C=O) groups is 3. The van der Waals surface area contributed by atoms with Crippen molar-refractivity contribution in [1.82, 2.24) is 10.2 Å². The summed E-state index contributed by atoms with van der Waals surface area (Å²) < 4.78 is 11.0. The van der Waals surface area contributed by atoms with E-state index in [0.717, 1.165) is 11.1 Å². The van der Waals surface area contributed by atoms with Crippen LogP contribution in [-0.4, -0.2) is 53.7 Å². The van der Waals surface area contributed by atoms with E-state index in [2.05, 4.69) is 10.6 Å². The number of hydrogen-bond acceptors (Lipinski definition) is 5. The number of urea groups is 1. The molecule has 36 heavy (non-hydrogen) atoms. The number of rotatable bonds is 7. The molecule has 1 heterocycles. The SMILES string of the molecule is COC(=O)C[C@H]1Cc2ccccc2CN1C(=O)[C@@H](NC(=O)Nc1cccc(Cl)c1)[C@@H](C)OC(C)(C)C. The fourth-order valence-electron chi connectivity index (χ4n) is 4.36. The van der Waals surface area contributed by atoms with Crippen LogP contribution in [0.15, 0.2) is 48.5 Å². The van der Waals surface area contributed by atoms with E-state index in [0.29, 0.717) is 23.7 Å². The Morgan fingerprint density at radius 2 is 1.81 bits per heavy atom. The van der Waals surface area contributed by atoms with Crippen LogP contribution in [-0.2, 0) is 32.0 Å². The molecule has 0 saturated carbocycles. The quantitative estimate of drug-likeness (QED) is 0.527. The third-order valence-electron chi connectivity index (χ3n) is 5.91. The van der Waals surface area contributed by atoms with E-state index in [4.69, 9.17) is 21.1 Å². The lowest BCUT2D eigenvalue weighted by molar-refractivity contribution is -0.148. The highest BCUT2D eigenvalue weighted by Gasteiger charge is 2.39. The van der Waals surface area contributed by atoms with Crippen LogP contribution in [0, 0.1) is 0 Å². The summed E-state index contributed by atoms with van der Waals surface area (Å²) in [4.78, 5) is 40.7. The van der Waals surface area contributed by atoms with Crippen LogP contribution < -0.4 is 10.6 Å². The Morgan fingerprint density at radius 3 is 2.44 bits per heavy atom. The van der Waals surface area contributed by atoms with E-state index in [1.165, 1.54) is 7.11 Å². The van der Waals surface area contributed by atoms with Crippen molar-refractivity contribution in [3.05, 3.63) is 64.7 Å². The molecule has 9 heteroatoms. The molecule has 2 aromatic rings. The first-order chi connectivity index (χ1) is 17.0. The second-order valence-electron chi connectivity index (χ2n) is 9.89. The maximum atomic E-state index is 14.0. The zero-order chi connectivity index (χ0) is 26.5. The van der Waals surface area contributed by atoms with Crippen LogP contribution >= 0.6 is 11.6 Å². The molecule has 0 saturated heterocycles. The van der Waals surface area contributed by atoms with Gasteiger partial charge in [-0.15, -0.1) is 0 Å². The number of esters is 1. The molecular formula is C27H34ClN3O5. The first-order valence-corrected chi connectivity index (χ1v) is 12.3. The van der Waals surface area contributed by atoms with Crippen molar-refractivity contribution in [3.8, 4) is 0 Å². The Morgan fingerprint density at radius 1 is 1.11 bits per heavy atom. The van der Waals surface area contributed by atoms with Gasteiger partial charge in [0.2, 0.25) is 5.91 Å². The van der Waals surface area contributed by atoms with Crippen molar-refractivity contribution in [3.63, 3.8) is 0 Å². The van der Waals surface area contributed by atoms with Gasteiger partial charge in [-0.3, -0.25) is 9.59 Å². The van der Waals surface area contributed by atoms with Crippen LogP contribution in [0.25, 0.3) is 0 Å². The molecule has 3 rings (SSSR count). The van der Waals surface area contributed by atoms with Crippen LogP contribution in [0.4, 0.5) is 10.5 Å². The molecule has 2 aromatic carbocycles. The average molecular weight is 516 g/mol. The Balaban J connectivity index is 1.88.